The first kappa shape index (κ1) is 16.5. The topological polar surface area (TPSA) is 38.3 Å². The first-order valence-corrected chi connectivity index (χ1v) is 6.36. The quantitative estimate of drug-likeness (QED) is 0.619. The van der Waals surface area contributed by atoms with Crippen molar-refractivity contribution in [1.29, 1.82) is 0 Å². The third-order valence-electron chi connectivity index (χ3n) is 2.66. The maximum atomic E-state index is 11.9. The molecule has 0 aliphatic heterocycles. The molecule has 1 aromatic rings. The molecular formula is C14H18F3NO2. The van der Waals surface area contributed by atoms with Crippen molar-refractivity contribution in [2.45, 2.75) is 26.1 Å². The summed E-state index contributed by atoms with van der Waals surface area (Å²) in [5.41, 5.74) is 0.873. The van der Waals surface area contributed by atoms with E-state index in [1.165, 1.54) is 0 Å². The number of ether oxygens (including phenoxy) is 1. The molecule has 20 heavy (non-hydrogen) atoms. The number of benzene rings is 1. The van der Waals surface area contributed by atoms with E-state index < -0.39 is 24.5 Å². The third-order valence-corrected chi connectivity index (χ3v) is 2.66. The average Bonchev–Trinajstić information content (AvgIpc) is 2.40. The lowest BCUT2D eigenvalue weighted by atomic mass is 10.2. The maximum Gasteiger partial charge on any atom is 0.390 e. The highest BCUT2D eigenvalue weighted by atomic mass is 19.4. The van der Waals surface area contributed by atoms with Crippen LogP contribution in [0, 0.1) is 5.92 Å². The molecule has 0 saturated carbocycles. The molecule has 6 heteroatoms. The van der Waals surface area contributed by atoms with Crippen molar-refractivity contribution in [2.75, 3.05) is 13.1 Å². The van der Waals surface area contributed by atoms with Crippen LogP contribution in [0.3, 0.4) is 0 Å². The van der Waals surface area contributed by atoms with Gasteiger partial charge in [0.05, 0.1) is 12.3 Å². The lowest BCUT2D eigenvalue weighted by Crippen LogP contribution is -2.30. The molecule has 0 fully saturated rings. The molecule has 1 aromatic carbocycles. The van der Waals surface area contributed by atoms with Crippen molar-refractivity contribution in [3.8, 4) is 0 Å². The van der Waals surface area contributed by atoms with E-state index in [2.05, 4.69) is 5.32 Å². The van der Waals surface area contributed by atoms with Crippen LogP contribution in [-0.4, -0.2) is 25.2 Å². The van der Waals surface area contributed by atoms with Crippen LogP contribution >= 0.6 is 0 Å². The van der Waals surface area contributed by atoms with E-state index in [0.29, 0.717) is 0 Å². The number of esters is 1. The highest BCUT2D eigenvalue weighted by Crippen LogP contribution is 2.18. The third kappa shape index (κ3) is 7.13. The van der Waals surface area contributed by atoms with Crippen LogP contribution in [0.5, 0.6) is 0 Å². The highest BCUT2D eigenvalue weighted by molar-refractivity contribution is 5.72. The molecule has 3 nitrogen and oxygen atoms in total. The predicted molar refractivity (Wildman–Crippen MR) is 68.9 cm³/mol. The van der Waals surface area contributed by atoms with Crippen molar-refractivity contribution < 1.29 is 22.7 Å². The second-order valence-electron chi connectivity index (χ2n) is 4.56. The zero-order chi connectivity index (χ0) is 15.0. The molecular weight excluding hydrogens is 271 g/mol. The van der Waals surface area contributed by atoms with E-state index in [1.807, 2.05) is 30.3 Å². The van der Waals surface area contributed by atoms with Gasteiger partial charge in [-0.25, -0.2) is 0 Å². The Labute approximate surface area is 116 Å². The first-order chi connectivity index (χ1) is 9.38. The van der Waals surface area contributed by atoms with E-state index in [1.54, 1.807) is 6.92 Å². The zero-order valence-corrected chi connectivity index (χ0v) is 11.2. The molecule has 0 saturated heterocycles. The van der Waals surface area contributed by atoms with Crippen LogP contribution in [0.25, 0.3) is 0 Å². The number of alkyl halides is 3. The summed E-state index contributed by atoms with van der Waals surface area (Å²) in [5.74, 6) is -0.902. The lowest BCUT2D eigenvalue weighted by molar-refractivity contribution is -0.149. The van der Waals surface area contributed by atoms with Crippen LogP contribution in [0.15, 0.2) is 30.3 Å². The van der Waals surface area contributed by atoms with Gasteiger partial charge in [-0.3, -0.25) is 4.79 Å². The number of rotatable bonds is 7. The fourth-order valence-corrected chi connectivity index (χ4v) is 1.50. The molecule has 0 bridgehead atoms. The van der Waals surface area contributed by atoms with Crippen molar-refractivity contribution in [3.63, 3.8) is 0 Å². The van der Waals surface area contributed by atoms with Crippen LogP contribution in [-0.2, 0) is 16.1 Å². The van der Waals surface area contributed by atoms with Gasteiger partial charge in [0.25, 0.3) is 0 Å². The Morgan fingerprint density at radius 2 is 1.95 bits per heavy atom. The van der Waals surface area contributed by atoms with E-state index in [4.69, 9.17) is 4.74 Å². The fourth-order valence-electron chi connectivity index (χ4n) is 1.50. The average molecular weight is 289 g/mol. The van der Waals surface area contributed by atoms with E-state index in [9.17, 15) is 18.0 Å². The molecule has 1 atom stereocenters. The highest BCUT2D eigenvalue weighted by Gasteiger charge is 2.26. The Morgan fingerprint density at radius 3 is 2.55 bits per heavy atom. The molecule has 0 aliphatic carbocycles. The molecule has 0 amide bonds. The van der Waals surface area contributed by atoms with Gasteiger partial charge in [-0.15, -0.1) is 0 Å². The van der Waals surface area contributed by atoms with Gasteiger partial charge in [0.1, 0.15) is 6.61 Å². The minimum absolute atomic E-state index is 0.170. The summed E-state index contributed by atoms with van der Waals surface area (Å²) < 4.78 is 40.8. The Balaban J connectivity index is 2.19. The van der Waals surface area contributed by atoms with Crippen molar-refractivity contribution in [2.24, 2.45) is 5.92 Å². The number of hydrogen-bond acceptors (Lipinski definition) is 3. The summed E-state index contributed by atoms with van der Waals surface area (Å²) in [7, 11) is 0. The Kier molecular flexibility index (Phi) is 6.51. The molecule has 0 aliphatic rings. The van der Waals surface area contributed by atoms with Crippen LogP contribution in [0.4, 0.5) is 13.2 Å². The van der Waals surface area contributed by atoms with Gasteiger partial charge in [-0.05, 0) is 5.56 Å². The molecule has 1 N–H and O–H groups in total. The standard InChI is InChI=1S/C14H18F3NO2/c1-11(9-18-8-7-14(15,16)17)13(19)20-10-12-5-3-2-4-6-12/h2-6,11,18H,7-10H2,1H3. The molecule has 1 unspecified atom stereocenters. The molecule has 0 spiro atoms. The number of carbonyl (C=O) groups is 1. The summed E-state index contributed by atoms with van der Waals surface area (Å²) in [5, 5.41) is 2.60. The normalized spacial score (nSPS) is 13.0. The second kappa shape index (κ2) is 7.89. The van der Waals surface area contributed by atoms with Crippen LogP contribution in [0.2, 0.25) is 0 Å². The number of hydrogen-bond donors (Lipinski definition) is 1. The Morgan fingerprint density at radius 1 is 1.30 bits per heavy atom. The van der Waals surface area contributed by atoms with Gasteiger partial charge < -0.3 is 10.1 Å². The zero-order valence-electron chi connectivity index (χ0n) is 11.2. The minimum Gasteiger partial charge on any atom is -0.461 e. The van der Waals surface area contributed by atoms with E-state index in [0.717, 1.165) is 5.56 Å². The van der Waals surface area contributed by atoms with Crippen molar-refractivity contribution in [1.82, 2.24) is 5.32 Å². The predicted octanol–water partition coefficient (Wildman–Crippen LogP) is 2.91. The van der Waals surface area contributed by atoms with Crippen molar-refractivity contribution in [3.05, 3.63) is 35.9 Å². The van der Waals surface area contributed by atoms with Gasteiger partial charge in [-0.1, -0.05) is 37.3 Å². The molecule has 0 heterocycles. The van der Waals surface area contributed by atoms with E-state index >= 15 is 0 Å². The molecule has 1 rings (SSSR count). The summed E-state index contributed by atoms with van der Waals surface area (Å²) in [6.45, 7) is 1.77. The van der Waals surface area contributed by atoms with Crippen LogP contribution < -0.4 is 5.32 Å². The number of halogens is 3. The fraction of sp³-hybridized carbons (Fsp3) is 0.500. The van der Waals surface area contributed by atoms with Gasteiger partial charge in [0, 0.05) is 13.1 Å². The smallest absolute Gasteiger partial charge is 0.390 e. The summed E-state index contributed by atoms with van der Waals surface area (Å²) in [4.78, 5) is 11.6. The largest absolute Gasteiger partial charge is 0.461 e. The van der Waals surface area contributed by atoms with Gasteiger partial charge in [0.15, 0.2) is 0 Å². The van der Waals surface area contributed by atoms with Crippen LogP contribution in [0.1, 0.15) is 18.9 Å². The summed E-state index contributed by atoms with van der Waals surface area (Å²) >= 11 is 0. The summed E-state index contributed by atoms with van der Waals surface area (Å²) in [6, 6.07) is 9.20. The van der Waals surface area contributed by atoms with Gasteiger partial charge >= 0.3 is 12.1 Å². The number of carbonyl (C=O) groups excluding carboxylic acids is 1. The van der Waals surface area contributed by atoms with Gasteiger partial charge in [-0.2, -0.15) is 13.2 Å². The van der Waals surface area contributed by atoms with Crippen molar-refractivity contribution >= 4 is 5.97 Å². The maximum absolute atomic E-state index is 11.9. The monoisotopic (exact) mass is 289 g/mol. The summed E-state index contributed by atoms with van der Waals surface area (Å²) in [6.07, 6.45) is -5.08. The number of nitrogens with one attached hydrogen (secondary N) is 1. The Bertz CT molecular complexity index is 407. The lowest BCUT2D eigenvalue weighted by Gasteiger charge is -2.13. The minimum atomic E-state index is -4.18. The molecule has 0 aromatic heterocycles. The SMILES string of the molecule is CC(CNCCC(F)(F)F)C(=O)OCc1ccccc1. The van der Waals surface area contributed by atoms with E-state index in [-0.39, 0.29) is 19.7 Å². The Hall–Kier alpha value is -1.56. The second-order valence-corrected chi connectivity index (χ2v) is 4.56. The van der Waals surface area contributed by atoms with Gasteiger partial charge in [0.2, 0.25) is 0 Å². The molecule has 0 radical (unpaired) electrons. The molecule has 112 valence electrons. The first-order valence-electron chi connectivity index (χ1n) is 6.36.